The van der Waals surface area contributed by atoms with E-state index in [-0.39, 0.29) is 6.04 Å². The Kier molecular flexibility index (Phi) is 4.30. The fourth-order valence-corrected chi connectivity index (χ4v) is 1.80. The smallest absolute Gasteiger partial charge is 0.0447 e. The zero-order valence-electron chi connectivity index (χ0n) is 9.77. The molecule has 0 spiro atoms. The van der Waals surface area contributed by atoms with E-state index in [9.17, 15) is 0 Å². The molecule has 0 aromatic heterocycles. The molecule has 1 atom stereocenters. The lowest BCUT2D eigenvalue weighted by atomic mass is 10.1. The quantitative estimate of drug-likeness (QED) is 0.819. The van der Waals surface area contributed by atoms with Gasteiger partial charge in [0.2, 0.25) is 0 Å². The van der Waals surface area contributed by atoms with Gasteiger partial charge in [-0.15, -0.1) is 0 Å². The lowest BCUT2D eigenvalue weighted by Crippen LogP contribution is -2.27. The Morgan fingerprint density at radius 3 is 2.47 bits per heavy atom. The van der Waals surface area contributed by atoms with Crippen LogP contribution in [0, 0.1) is 6.07 Å². The topological polar surface area (TPSA) is 38.0 Å². The maximum absolute atomic E-state index is 5.80. The van der Waals surface area contributed by atoms with Crippen LogP contribution in [0.25, 0.3) is 0 Å². The zero-order chi connectivity index (χ0) is 11.9. The first-order valence-electron chi connectivity index (χ1n) is 5.84. The van der Waals surface area contributed by atoms with Gasteiger partial charge in [0.15, 0.2) is 0 Å². The molecular formula is C15H17N2. The Balaban J connectivity index is 1.97. The van der Waals surface area contributed by atoms with Crippen LogP contribution < -0.4 is 11.1 Å². The molecule has 0 saturated carbocycles. The van der Waals surface area contributed by atoms with E-state index in [1.807, 2.05) is 36.4 Å². The molecule has 87 valence electrons. The average Bonchev–Trinajstić information content (AvgIpc) is 2.42. The van der Waals surface area contributed by atoms with Crippen LogP contribution in [0.15, 0.2) is 54.6 Å². The Hall–Kier alpha value is -1.64. The van der Waals surface area contributed by atoms with E-state index in [0.717, 1.165) is 12.1 Å². The second-order valence-electron chi connectivity index (χ2n) is 3.97. The van der Waals surface area contributed by atoms with E-state index >= 15 is 0 Å². The van der Waals surface area contributed by atoms with Gasteiger partial charge in [-0.3, -0.25) is 0 Å². The van der Waals surface area contributed by atoms with Gasteiger partial charge in [0.1, 0.15) is 0 Å². The van der Waals surface area contributed by atoms with Gasteiger partial charge in [-0.1, -0.05) is 54.6 Å². The number of nitrogens with two attached hydrogens (primary N) is 1. The number of nitrogens with one attached hydrogen (secondary N) is 1. The summed E-state index contributed by atoms with van der Waals surface area (Å²) in [5.41, 5.74) is 8.18. The summed E-state index contributed by atoms with van der Waals surface area (Å²) in [5.74, 6) is 0. The first kappa shape index (κ1) is 11.8. The minimum Gasteiger partial charge on any atom is -0.329 e. The van der Waals surface area contributed by atoms with Crippen molar-refractivity contribution in [1.82, 2.24) is 5.32 Å². The third-order valence-electron chi connectivity index (χ3n) is 2.75. The lowest BCUT2D eigenvalue weighted by molar-refractivity contribution is 0.541. The van der Waals surface area contributed by atoms with Crippen LogP contribution in [0.3, 0.4) is 0 Å². The Morgan fingerprint density at radius 1 is 1.06 bits per heavy atom. The Labute approximate surface area is 102 Å². The molecule has 0 amide bonds. The average molecular weight is 225 g/mol. The van der Waals surface area contributed by atoms with Gasteiger partial charge >= 0.3 is 0 Å². The molecule has 2 aromatic rings. The highest BCUT2D eigenvalue weighted by molar-refractivity contribution is 5.20. The van der Waals surface area contributed by atoms with Gasteiger partial charge in [0, 0.05) is 19.1 Å². The Bertz CT molecular complexity index is 425. The molecule has 1 radical (unpaired) electrons. The number of hydrogen-bond donors (Lipinski definition) is 2. The van der Waals surface area contributed by atoms with Crippen molar-refractivity contribution in [2.24, 2.45) is 5.73 Å². The van der Waals surface area contributed by atoms with Crippen LogP contribution in [0.1, 0.15) is 17.2 Å². The van der Waals surface area contributed by atoms with Gasteiger partial charge < -0.3 is 11.1 Å². The van der Waals surface area contributed by atoms with Crippen molar-refractivity contribution >= 4 is 0 Å². The molecule has 2 heteroatoms. The lowest BCUT2D eigenvalue weighted by Gasteiger charge is -2.17. The first-order chi connectivity index (χ1) is 8.40. The zero-order valence-corrected chi connectivity index (χ0v) is 9.77. The molecule has 2 aromatic carbocycles. The molecule has 2 nitrogen and oxygen atoms in total. The van der Waals surface area contributed by atoms with Gasteiger partial charge in [0.05, 0.1) is 0 Å². The van der Waals surface area contributed by atoms with Gasteiger partial charge in [-0.05, 0) is 17.2 Å². The normalized spacial score (nSPS) is 12.3. The molecule has 0 aliphatic carbocycles. The summed E-state index contributed by atoms with van der Waals surface area (Å²) in [6, 6.07) is 21.7. The molecule has 0 aliphatic rings. The van der Waals surface area contributed by atoms with Crippen LogP contribution in [0.5, 0.6) is 0 Å². The van der Waals surface area contributed by atoms with Crippen molar-refractivity contribution in [2.75, 3.05) is 6.54 Å². The summed E-state index contributed by atoms with van der Waals surface area (Å²) in [4.78, 5) is 0. The van der Waals surface area contributed by atoms with Crippen LogP contribution in [0.4, 0.5) is 0 Å². The van der Waals surface area contributed by atoms with E-state index in [1.165, 1.54) is 5.56 Å². The van der Waals surface area contributed by atoms with E-state index in [1.54, 1.807) is 0 Å². The van der Waals surface area contributed by atoms with Gasteiger partial charge in [0.25, 0.3) is 0 Å². The minimum atomic E-state index is 0.199. The molecule has 0 saturated heterocycles. The molecule has 1 unspecified atom stereocenters. The summed E-state index contributed by atoms with van der Waals surface area (Å²) in [6.45, 7) is 1.38. The summed E-state index contributed by atoms with van der Waals surface area (Å²) in [6.07, 6.45) is 0. The van der Waals surface area contributed by atoms with Crippen molar-refractivity contribution in [3.63, 3.8) is 0 Å². The van der Waals surface area contributed by atoms with Crippen LogP contribution in [-0.4, -0.2) is 6.54 Å². The summed E-state index contributed by atoms with van der Waals surface area (Å²) in [7, 11) is 0. The molecule has 2 rings (SSSR count). The third-order valence-corrected chi connectivity index (χ3v) is 2.75. The molecule has 17 heavy (non-hydrogen) atoms. The summed E-state index contributed by atoms with van der Waals surface area (Å²) < 4.78 is 0. The van der Waals surface area contributed by atoms with Crippen molar-refractivity contribution in [2.45, 2.75) is 12.6 Å². The van der Waals surface area contributed by atoms with E-state index in [2.05, 4.69) is 29.6 Å². The largest absolute Gasteiger partial charge is 0.329 e. The molecule has 0 bridgehead atoms. The molecule has 0 heterocycles. The van der Waals surface area contributed by atoms with Crippen molar-refractivity contribution in [1.29, 1.82) is 0 Å². The van der Waals surface area contributed by atoms with E-state index in [0.29, 0.717) is 6.54 Å². The van der Waals surface area contributed by atoms with Crippen molar-refractivity contribution in [3.8, 4) is 0 Å². The highest BCUT2D eigenvalue weighted by Gasteiger charge is 2.07. The first-order valence-corrected chi connectivity index (χ1v) is 5.84. The number of hydrogen-bond acceptors (Lipinski definition) is 2. The maximum atomic E-state index is 5.80. The Morgan fingerprint density at radius 2 is 1.82 bits per heavy atom. The minimum absolute atomic E-state index is 0.199. The summed E-state index contributed by atoms with van der Waals surface area (Å²) in [5, 5.41) is 3.45. The maximum Gasteiger partial charge on any atom is 0.0447 e. The van der Waals surface area contributed by atoms with Crippen LogP contribution >= 0.6 is 0 Å². The van der Waals surface area contributed by atoms with Crippen molar-refractivity contribution in [3.05, 3.63) is 71.8 Å². The molecule has 3 N–H and O–H groups in total. The highest BCUT2D eigenvalue weighted by atomic mass is 14.9. The molecular weight excluding hydrogens is 208 g/mol. The molecule has 0 aliphatic heterocycles. The van der Waals surface area contributed by atoms with Crippen LogP contribution in [0.2, 0.25) is 0 Å². The number of benzene rings is 2. The second kappa shape index (κ2) is 6.18. The van der Waals surface area contributed by atoms with Crippen LogP contribution in [-0.2, 0) is 6.54 Å². The fraction of sp³-hybridized carbons (Fsp3) is 0.200. The molecule has 0 fully saturated rings. The SMILES string of the molecule is NCC(NCc1[c]cccc1)c1ccccc1. The van der Waals surface area contributed by atoms with Crippen molar-refractivity contribution < 1.29 is 0 Å². The third kappa shape index (κ3) is 3.41. The standard InChI is InChI=1S/C15H17N2/c16-11-15(14-9-5-2-6-10-14)17-12-13-7-3-1-4-8-13/h1-7,9-10,15,17H,11-12,16H2. The van der Waals surface area contributed by atoms with Gasteiger partial charge in [-0.2, -0.15) is 0 Å². The fourth-order valence-electron chi connectivity index (χ4n) is 1.80. The second-order valence-corrected chi connectivity index (χ2v) is 3.97. The van der Waals surface area contributed by atoms with E-state index in [4.69, 9.17) is 5.73 Å². The monoisotopic (exact) mass is 225 g/mol. The predicted octanol–water partition coefficient (Wildman–Crippen LogP) is 2.28. The van der Waals surface area contributed by atoms with E-state index < -0.39 is 0 Å². The highest BCUT2D eigenvalue weighted by Crippen LogP contribution is 2.11. The van der Waals surface area contributed by atoms with Gasteiger partial charge in [-0.25, -0.2) is 0 Å². The number of rotatable bonds is 5. The summed E-state index contributed by atoms with van der Waals surface area (Å²) >= 11 is 0. The predicted molar refractivity (Wildman–Crippen MR) is 70.4 cm³/mol.